The lowest BCUT2D eigenvalue weighted by molar-refractivity contribution is -0.135. The van der Waals surface area contributed by atoms with Crippen LogP contribution >= 0.6 is 0 Å². The van der Waals surface area contributed by atoms with Crippen molar-refractivity contribution in [2.45, 2.75) is 12.3 Å². The Morgan fingerprint density at radius 3 is 2.73 bits per heavy atom. The zero-order valence-corrected chi connectivity index (χ0v) is 14.4. The number of pyridine rings is 1. The van der Waals surface area contributed by atoms with E-state index in [1.54, 1.807) is 23.7 Å². The lowest BCUT2D eigenvalue weighted by Gasteiger charge is -2.26. The molecule has 1 aromatic heterocycles. The number of carbonyl (C=O) groups excluding carboxylic acids is 1. The summed E-state index contributed by atoms with van der Waals surface area (Å²) < 4.78 is 12.2. The SMILES string of the molecule is COc1cc([C@H]2CC(=O)Oc3c2c(=O)n(C)c2ccccc32)ccc1O. The zero-order valence-electron chi connectivity index (χ0n) is 14.4. The van der Waals surface area contributed by atoms with E-state index in [1.807, 2.05) is 24.3 Å². The quantitative estimate of drug-likeness (QED) is 0.718. The number of aryl methyl sites for hydroxylation is 1. The van der Waals surface area contributed by atoms with E-state index in [-0.39, 0.29) is 17.7 Å². The fraction of sp³-hybridized carbons (Fsp3) is 0.200. The molecule has 4 rings (SSSR count). The molecule has 0 fully saturated rings. The maximum atomic E-state index is 13.0. The molecular formula is C20H17NO5. The van der Waals surface area contributed by atoms with Gasteiger partial charge in [0.25, 0.3) is 5.56 Å². The molecule has 1 atom stereocenters. The lowest BCUT2D eigenvalue weighted by atomic mass is 9.86. The van der Waals surface area contributed by atoms with Crippen molar-refractivity contribution in [1.29, 1.82) is 0 Å². The maximum absolute atomic E-state index is 13.0. The first-order chi connectivity index (χ1) is 12.5. The monoisotopic (exact) mass is 351 g/mol. The van der Waals surface area contributed by atoms with E-state index in [1.165, 1.54) is 13.2 Å². The highest BCUT2D eigenvalue weighted by Gasteiger charge is 2.33. The van der Waals surface area contributed by atoms with Crippen LogP contribution in [0.2, 0.25) is 0 Å². The van der Waals surface area contributed by atoms with Crippen LogP contribution in [0.3, 0.4) is 0 Å². The van der Waals surface area contributed by atoms with E-state index in [9.17, 15) is 14.7 Å². The van der Waals surface area contributed by atoms with Crippen molar-refractivity contribution in [3.05, 3.63) is 63.9 Å². The highest BCUT2D eigenvalue weighted by Crippen LogP contribution is 2.42. The van der Waals surface area contributed by atoms with E-state index < -0.39 is 11.9 Å². The summed E-state index contributed by atoms with van der Waals surface area (Å²) in [6.45, 7) is 0. The molecule has 0 saturated heterocycles. The highest BCUT2D eigenvalue weighted by atomic mass is 16.5. The number of phenols is 1. The Morgan fingerprint density at radius 1 is 1.19 bits per heavy atom. The molecule has 0 amide bonds. The standard InChI is InChI=1S/C20H17NO5/c1-21-14-6-4-3-5-12(14)19-18(20(21)24)13(10-17(23)26-19)11-7-8-15(22)16(9-11)25-2/h3-9,13,22H,10H2,1-2H3/t13-/m1/s1. The van der Waals surface area contributed by atoms with Crippen LogP contribution in [0.25, 0.3) is 10.9 Å². The molecule has 0 saturated carbocycles. The summed E-state index contributed by atoms with van der Waals surface area (Å²) in [5, 5.41) is 10.6. The van der Waals surface area contributed by atoms with Gasteiger partial charge in [0, 0.05) is 18.4 Å². The van der Waals surface area contributed by atoms with Gasteiger partial charge in [-0.05, 0) is 29.8 Å². The van der Waals surface area contributed by atoms with Crippen LogP contribution in [0.15, 0.2) is 47.3 Å². The number of aromatic nitrogens is 1. The van der Waals surface area contributed by atoms with Crippen molar-refractivity contribution in [2.75, 3.05) is 7.11 Å². The second-order valence-electron chi connectivity index (χ2n) is 6.29. The van der Waals surface area contributed by atoms with Gasteiger partial charge in [-0.2, -0.15) is 0 Å². The molecule has 0 radical (unpaired) electrons. The van der Waals surface area contributed by atoms with Crippen molar-refractivity contribution in [1.82, 2.24) is 4.57 Å². The largest absolute Gasteiger partial charge is 0.504 e. The zero-order chi connectivity index (χ0) is 18.4. The van der Waals surface area contributed by atoms with Gasteiger partial charge in [0.2, 0.25) is 0 Å². The molecule has 1 N–H and O–H groups in total. The van der Waals surface area contributed by atoms with Crippen LogP contribution in [0, 0.1) is 0 Å². The third-order valence-corrected chi connectivity index (χ3v) is 4.83. The number of hydrogen-bond donors (Lipinski definition) is 1. The number of ether oxygens (including phenoxy) is 2. The van der Waals surface area contributed by atoms with Gasteiger partial charge in [-0.15, -0.1) is 0 Å². The van der Waals surface area contributed by atoms with Crippen molar-refractivity contribution in [2.24, 2.45) is 7.05 Å². The maximum Gasteiger partial charge on any atom is 0.312 e. The first kappa shape index (κ1) is 16.2. The van der Waals surface area contributed by atoms with Crippen LogP contribution in [0.1, 0.15) is 23.5 Å². The van der Waals surface area contributed by atoms with E-state index >= 15 is 0 Å². The molecule has 0 aliphatic carbocycles. The van der Waals surface area contributed by atoms with Gasteiger partial charge < -0.3 is 19.1 Å². The van der Waals surface area contributed by atoms with Gasteiger partial charge in [0.05, 0.1) is 24.6 Å². The predicted octanol–water partition coefficient (Wildman–Crippen LogP) is 2.69. The first-order valence-electron chi connectivity index (χ1n) is 8.20. The molecule has 0 spiro atoms. The van der Waals surface area contributed by atoms with Crippen LogP contribution in [-0.4, -0.2) is 22.8 Å². The van der Waals surface area contributed by atoms with Crippen molar-refractivity contribution >= 4 is 16.9 Å². The summed E-state index contributed by atoms with van der Waals surface area (Å²) in [5.41, 5.74) is 1.65. The summed E-state index contributed by atoms with van der Waals surface area (Å²) in [6.07, 6.45) is 0.0501. The van der Waals surface area contributed by atoms with Gasteiger partial charge in [-0.1, -0.05) is 18.2 Å². The number of rotatable bonds is 2. The van der Waals surface area contributed by atoms with E-state index in [0.717, 1.165) is 0 Å². The number of fused-ring (bicyclic) bond motifs is 3. The molecule has 26 heavy (non-hydrogen) atoms. The number of benzene rings is 2. The number of para-hydroxylation sites is 1. The minimum atomic E-state index is -0.468. The average Bonchev–Trinajstić information content (AvgIpc) is 2.66. The number of hydrogen-bond acceptors (Lipinski definition) is 5. The van der Waals surface area contributed by atoms with E-state index in [2.05, 4.69) is 0 Å². The Hall–Kier alpha value is -3.28. The summed E-state index contributed by atoms with van der Waals surface area (Å²) in [4.78, 5) is 25.3. The van der Waals surface area contributed by atoms with Crippen LogP contribution in [-0.2, 0) is 11.8 Å². The summed E-state index contributed by atoms with van der Waals surface area (Å²) in [5.74, 6) is -0.254. The average molecular weight is 351 g/mol. The minimum Gasteiger partial charge on any atom is -0.504 e. The molecule has 0 bridgehead atoms. The molecular weight excluding hydrogens is 334 g/mol. The van der Waals surface area contributed by atoms with Crippen molar-refractivity contribution in [3.8, 4) is 17.2 Å². The third kappa shape index (κ3) is 2.34. The molecule has 1 aliphatic heterocycles. The molecule has 2 aromatic carbocycles. The third-order valence-electron chi connectivity index (χ3n) is 4.83. The van der Waals surface area contributed by atoms with Gasteiger partial charge in [0.1, 0.15) is 5.75 Å². The normalized spacial score (nSPS) is 16.2. The summed E-state index contributed by atoms with van der Waals surface area (Å²) in [7, 11) is 3.16. The van der Waals surface area contributed by atoms with Crippen molar-refractivity contribution < 1.29 is 19.4 Å². The van der Waals surface area contributed by atoms with E-state index in [4.69, 9.17) is 9.47 Å². The number of methoxy groups -OCH3 is 1. The Labute approximate surface area is 149 Å². The fourth-order valence-corrected chi connectivity index (χ4v) is 3.53. The van der Waals surface area contributed by atoms with Gasteiger partial charge in [0.15, 0.2) is 11.5 Å². The number of aromatic hydroxyl groups is 1. The molecule has 1 aliphatic rings. The predicted molar refractivity (Wildman–Crippen MR) is 95.9 cm³/mol. The molecule has 3 aromatic rings. The van der Waals surface area contributed by atoms with Crippen LogP contribution < -0.4 is 15.0 Å². The first-order valence-corrected chi connectivity index (χ1v) is 8.20. The van der Waals surface area contributed by atoms with Crippen LogP contribution in [0.4, 0.5) is 0 Å². The Bertz CT molecular complexity index is 1100. The van der Waals surface area contributed by atoms with Crippen LogP contribution in [0.5, 0.6) is 17.2 Å². The lowest BCUT2D eigenvalue weighted by Crippen LogP contribution is -2.31. The van der Waals surface area contributed by atoms with Gasteiger partial charge >= 0.3 is 5.97 Å². The fourth-order valence-electron chi connectivity index (χ4n) is 3.53. The number of esters is 1. The molecule has 6 nitrogen and oxygen atoms in total. The smallest absolute Gasteiger partial charge is 0.312 e. The van der Waals surface area contributed by atoms with Gasteiger partial charge in [-0.3, -0.25) is 9.59 Å². The molecule has 6 heteroatoms. The second-order valence-corrected chi connectivity index (χ2v) is 6.29. The second kappa shape index (κ2) is 5.91. The Balaban J connectivity index is 2.02. The number of carbonyl (C=O) groups is 1. The number of phenolic OH excluding ortho intramolecular Hbond substituents is 1. The number of nitrogens with zero attached hydrogens (tertiary/aromatic N) is 1. The summed E-state index contributed by atoms with van der Waals surface area (Å²) >= 11 is 0. The molecule has 132 valence electrons. The Kier molecular flexibility index (Phi) is 3.68. The molecule has 2 heterocycles. The topological polar surface area (TPSA) is 77.8 Å². The molecule has 0 unspecified atom stereocenters. The van der Waals surface area contributed by atoms with E-state index in [0.29, 0.717) is 33.5 Å². The minimum absolute atomic E-state index is 0.00118. The van der Waals surface area contributed by atoms with Crippen molar-refractivity contribution in [3.63, 3.8) is 0 Å². The van der Waals surface area contributed by atoms with Gasteiger partial charge in [-0.25, -0.2) is 0 Å². The Morgan fingerprint density at radius 2 is 1.96 bits per heavy atom. The summed E-state index contributed by atoms with van der Waals surface area (Å²) in [6, 6.07) is 12.2. The highest BCUT2D eigenvalue weighted by molar-refractivity contribution is 5.91.